The highest BCUT2D eigenvalue weighted by Gasteiger charge is 2.10. The molecule has 8 heavy (non-hydrogen) atoms. The highest BCUT2D eigenvalue weighted by Crippen LogP contribution is 2.26. The Hall–Kier alpha value is -0.500. The molecule has 2 N–H and O–H groups in total. The van der Waals surface area contributed by atoms with E-state index in [1.807, 2.05) is 6.92 Å². The summed E-state index contributed by atoms with van der Waals surface area (Å²) in [6, 6.07) is 0. The minimum absolute atomic E-state index is 0.941. The van der Waals surface area contributed by atoms with Gasteiger partial charge >= 0.3 is 0 Å². The Labute approximate surface area is 49.2 Å². The van der Waals surface area contributed by atoms with E-state index in [1.54, 1.807) is 0 Å². The quantitative estimate of drug-likeness (QED) is 0.504. The standard InChI is InChI=1S/C6H11NO/c1-5(7-8)6-3-2-4-6/h7-8H,2-4H2,1H3. The molecule has 1 rings (SSSR count). The molecule has 0 unspecified atom stereocenters. The number of hydroxylamine groups is 1. The average molecular weight is 113 g/mol. The molecule has 1 saturated carbocycles. The molecular formula is C6H11NO. The van der Waals surface area contributed by atoms with E-state index in [0.717, 1.165) is 5.70 Å². The van der Waals surface area contributed by atoms with Crippen LogP contribution in [0.1, 0.15) is 26.2 Å². The van der Waals surface area contributed by atoms with Gasteiger partial charge in [0.05, 0.1) is 0 Å². The van der Waals surface area contributed by atoms with Crippen molar-refractivity contribution in [2.75, 3.05) is 0 Å². The molecule has 0 spiro atoms. The topological polar surface area (TPSA) is 32.3 Å². The summed E-state index contributed by atoms with van der Waals surface area (Å²) in [5.41, 5.74) is 4.46. The summed E-state index contributed by atoms with van der Waals surface area (Å²) >= 11 is 0. The van der Waals surface area contributed by atoms with Crippen LogP contribution in [0.25, 0.3) is 0 Å². The smallest absolute Gasteiger partial charge is 0.0337 e. The van der Waals surface area contributed by atoms with Gasteiger partial charge < -0.3 is 0 Å². The van der Waals surface area contributed by atoms with Crippen molar-refractivity contribution >= 4 is 0 Å². The van der Waals surface area contributed by atoms with Crippen molar-refractivity contribution in [1.82, 2.24) is 5.48 Å². The van der Waals surface area contributed by atoms with E-state index in [9.17, 15) is 0 Å². The van der Waals surface area contributed by atoms with Crippen LogP contribution in [0.3, 0.4) is 0 Å². The van der Waals surface area contributed by atoms with Crippen LogP contribution < -0.4 is 5.48 Å². The first-order valence-electron chi connectivity index (χ1n) is 2.93. The number of allylic oxidation sites excluding steroid dienone is 2. The average Bonchev–Trinajstić information content (AvgIpc) is 1.62. The zero-order valence-electron chi connectivity index (χ0n) is 5.07. The van der Waals surface area contributed by atoms with Gasteiger partial charge in [0.2, 0.25) is 0 Å². The van der Waals surface area contributed by atoms with Crippen LogP contribution in [0.4, 0.5) is 0 Å². The van der Waals surface area contributed by atoms with Gasteiger partial charge in [0.15, 0.2) is 0 Å². The number of hydrogen-bond acceptors (Lipinski definition) is 2. The lowest BCUT2D eigenvalue weighted by Crippen LogP contribution is -2.10. The van der Waals surface area contributed by atoms with Crippen molar-refractivity contribution in [3.8, 4) is 0 Å². The SMILES string of the molecule is CC(NO)=C1CCC1. The maximum Gasteiger partial charge on any atom is 0.0337 e. The molecule has 1 aliphatic carbocycles. The fraction of sp³-hybridized carbons (Fsp3) is 0.667. The molecule has 0 heterocycles. The van der Waals surface area contributed by atoms with Crippen LogP contribution in [0.15, 0.2) is 11.3 Å². The summed E-state index contributed by atoms with van der Waals surface area (Å²) in [7, 11) is 0. The Kier molecular flexibility index (Phi) is 1.53. The van der Waals surface area contributed by atoms with E-state index in [2.05, 4.69) is 5.48 Å². The van der Waals surface area contributed by atoms with Gasteiger partial charge in [-0.15, -0.1) is 0 Å². The summed E-state index contributed by atoms with van der Waals surface area (Å²) < 4.78 is 0. The molecule has 0 radical (unpaired) electrons. The first-order chi connectivity index (χ1) is 3.84. The van der Waals surface area contributed by atoms with Crippen LogP contribution >= 0.6 is 0 Å². The molecule has 46 valence electrons. The molecule has 0 atom stereocenters. The maximum atomic E-state index is 8.36. The minimum Gasteiger partial charge on any atom is -0.291 e. The molecular weight excluding hydrogens is 102 g/mol. The predicted octanol–water partition coefficient (Wildman–Crippen LogP) is 1.42. The summed E-state index contributed by atoms with van der Waals surface area (Å²) in [4.78, 5) is 0. The summed E-state index contributed by atoms with van der Waals surface area (Å²) in [5.74, 6) is 0. The fourth-order valence-electron chi connectivity index (χ4n) is 0.808. The van der Waals surface area contributed by atoms with Gasteiger partial charge in [0.1, 0.15) is 0 Å². The van der Waals surface area contributed by atoms with E-state index < -0.39 is 0 Å². The molecule has 0 aromatic carbocycles. The van der Waals surface area contributed by atoms with E-state index >= 15 is 0 Å². The number of hydrogen-bond donors (Lipinski definition) is 2. The van der Waals surface area contributed by atoms with Gasteiger partial charge in [-0.1, -0.05) is 0 Å². The highest BCUT2D eigenvalue weighted by atomic mass is 16.5. The number of rotatable bonds is 1. The van der Waals surface area contributed by atoms with Crippen molar-refractivity contribution in [3.05, 3.63) is 11.3 Å². The zero-order valence-corrected chi connectivity index (χ0v) is 5.07. The van der Waals surface area contributed by atoms with Crippen molar-refractivity contribution in [3.63, 3.8) is 0 Å². The predicted molar refractivity (Wildman–Crippen MR) is 31.5 cm³/mol. The van der Waals surface area contributed by atoms with E-state index in [1.165, 1.54) is 24.8 Å². The zero-order chi connectivity index (χ0) is 5.98. The Morgan fingerprint density at radius 3 is 2.38 bits per heavy atom. The molecule has 1 fully saturated rings. The third kappa shape index (κ3) is 0.842. The van der Waals surface area contributed by atoms with Crippen LogP contribution in [0, 0.1) is 0 Å². The van der Waals surface area contributed by atoms with Gasteiger partial charge in [-0.25, -0.2) is 0 Å². The van der Waals surface area contributed by atoms with Gasteiger partial charge in [-0.3, -0.25) is 10.7 Å². The minimum atomic E-state index is 0.941. The van der Waals surface area contributed by atoms with Gasteiger partial charge in [-0.2, -0.15) is 0 Å². The molecule has 0 saturated heterocycles. The summed E-state index contributed by atoms with van der Waals surface area (Å²) in [6.45, 7) is 1.90. The lowest BCUT2D eigenvalue weighted by molar-refractivity contribution is 0.197. The molecule has 2 nitrogen and oxygen atoms in total. The number of nitrogens with one attached hydrogen (secondary N) is 1. The molecule has 2 heteroatoms. The summed E-state index contributed by atoms with van der Waals surface area (Å²) in [6.07, 6.45) is 3.62. The second kappa shape index (κ2) is 2.18. The third-order valence-electron chi connectivity index (χ3n) is 1.66. The van der Waals surface area contributed by atoms with Crippen LogP contribution in [-0.4, -0.2) is 5.21 Å². The second-order valence-electron chi connectivity index (χ2n) is 2.19. The molecule has 0 bridgehead atoms. The lowest BCUT2D eigenvalue weighted by Gasteiger charge is -2.18. The molecule has 0 aromatic heterocycles. The first-order valence-corrected chi connectivity index (χ1v) is 2.93. The molecule has 1 aliphatic rings. The van der Waals surface area contributed by atoms with Gasteiger partial charge in [-0.05, 0) is 31.8 Å². The summed E-state index contributed by atoms with van der Waals surface area (Å²) in [5, 5.41) is 8.36. The van der Waals surface area contributed by atoms with Gasteiger partial charge in [0, 0.05) is 5.70 Å². The molecule has 0 amide bonds. The molecule has 0 aliphatic heterocycles. The van der Waals surface area contributed by atoms with E-state index in [0.29, 0.717) is 0 Å². The van der Waals surface area contributed by atoms with Crippen LogP contribution in [0.2, 0.25) is 0 Å². The normalized spacial score (nSPS) is 17.5. The van der Waals surface area contributed by atoms with Crippen molar-refractivity contribution in [2.24, 2.45) is 0 Å². The van der Waals surface area contributed by atoms with Crippen molar-refractivity contribution in [1.29, 1.82) is 0 Å². The van der Waals surface area contributed by atoms with Gasteiger partial charge in [0.25, 0.3) is 0 Å². The lowest BCUT2D eigenvalue weighted by atomic mass is 9.91. The maximum absolute atomic E-state index is 8.36. The van der Waals surface area contributed by atoms with Crippen molar-refractivity contribution < 1.29 is 5.21 Å². The third-order valence-corrected chi connectivity index (χ3v) is 1.66. The second-order valence-corrected chi connectivity index (χ2v) is 2.19. The fourth-order valence-corrected chi connectivity index (χ4v) is 0.808. The van der Waals surface area contributed by atoms with E-state index in [4.69, 9.17) is 5.21 Å². The Morgan fingerprint density at radius 2 is 2.25 bits per heavy atom. The van der Waals surface area contributed by atoms with E-state index in [-0.39, 0.29) is 0 Å². The Morgan fingerprint density at radius 1 is 1.62 bits per heavy atom. The highest BCUT2D eigenvalue weighted by molar-refractivity contribution is 5.14. The Balaban J connectivity index is 2.47. The van der Waals surface area contributed by atoms with Crippen LogP contribution in [-0.2, 0) is 0 Å². The Bertz CT molecular complexity index is 106. The van der Waals surface area contributed by atoms with Crippen LogP contribution in [0.5, 0.6) is 0 Å². The largest absolute Gasteiger partial charge is 0.291 e. The monoisotopic (exact) mass is 113 g/mol. The van der Waals surface area contributed by atoms with Crippen molar-refractivity contribution in [2.45, 2.75) is 26.2 Å². The first kappa shape index (κ1) is 5.63. The molecule has 0 aromatic rings.